The van der Waals surface area contributed by atoms with Crippen molar-refractivity contribution in [2.45, 2.75) is 0 Å². The van der Waals surface area contributed by atoms with Gasteiger partial charge in [-0.3, -0.25) is 14.6 Å². The van der Waals surface area contributed by atoms with Crippen LogP contribution in [0.2, 0.25) is 0 Å². The van der Waals surface area contributed by atoms with Crippen molar-refractivity contribution in [2.75, 3.05) is 0 Å². The molecule has 4 aromatic heterocycles. The minimum atomic E-state index is -0.377. The highest BCUT2D eigenvalue weighted by Crippen LogP contribution is 2.37. The highest BCUT2D eigenvalue weighted by molar-refractivity contribution is 6.17. The number of benzene rings is 5. The van der Waals surface area contributed by atoms with Crippen LogP contribution < -0.4 is 11.1 Å². The van der Waals surface area contributed by atoms with Crippen LogP contribution in [0.4, 0.5) is 0 Å². The summed E-state index contributed by atoms with van der Waals surface area (Å²) >= 11 is 0. The van der Waals surface area contributed by atoms with Crippen molar-refractivity contribution in [2.24, 2.45) is 0 Å². The summed E-state index contributed by atoms with van der Waals surface area (Å²) in [5, 5.41) is 6.30. The summed E-state index contributed by atoms with van der Waals surface area (Å²) in [7, 11) is 0. The van der Waals surface area contributed by atoms with Gasteiger partial charge in [-0.15, -0.1) is 0 Å². The number of para-hydroxylation sites is 3. The number of hydrogen-bond acceptors (Lipinski definition) is 4. The van der Waals surface area contributed by atoms with Gasteiger partial charge in [-0.2, -0.15) is 0 Å². The zero-order valence-electron chi connectivity index (χ0n) is 22.7. The highest BCUT2D eigenvalue weighted by Gasteiger charge is 2.19. The first kappa shape index (κ1) is 23.7. The molecule has 202 valence electrons. The summed E-state index contributed by atoms with van der Waals surface area (Å²) < 4.78 is 9.56. The van der Waals surface area contributed by atoms with E-state index >= 15 is 0 Å². The number of rotatable bonds is 2. The van der Waals surface area contributed by atoms with Gasteiger partial charge in [0, 0.05) is 45.0 Å². The predicted molar refractivity (Wildman–Crippen MR) is 173 cm³/mol. The van der Waals surface area contributed by atoms with Gasteiger partial charge in [-0.25, -0.2) is 4.57 Å². The van der Waals surface area contributed by atoms with Crippen molar-refractivity contribution in [1.29, 1.82) is 0 Å². The second-order valence-electron chi connectivity index (χ2n) is 10.7. The summed E-state index contributed by atoms with van der Waals surface area (Å²) in [6.45, 7) is 0. The van der Waals surface area contributed by atoms with Gasteiger partial charge in [0.2, 0.25) is 0 Å². The second-order valence-corrected chi connectivity index (χ2v) is 10.7. The normalized spacial score (nSPS) is 11.9. The maximum Gasteiger partial charge on any atom is 0.266 e. The van der Waals surface area contributed by atoms with Crippen LogP contribution in [0.5, 0.6) is 0 Å². The third kappa shape index (κ3) is 3.32. The van der Waals surface area contributed by atoms with Crippen molar-refractivity contribution in [3.8, 4) is 11.4 Å². The molecule has 0 aliphatic heterocycles. The van der Waals surface area contributed by atoms with Crippen molar-refractivity contribution in [3.63, 3.8) is 0 Å². The molecule has 0 saturated heterocycles. The Bertz CT molecular complexity index is 2720. The summed E-state index contributed by atoms with van der Waals surface area (Å²) in [6, 6.07) is 37.2. The zero-order chi connectivity index (χ0) is 28.7. The molecule has 9 rings (SSSR count). The Labute approximate surface area is 243 Å². The Morgan fingerprint density at radius 3 is 2.09 bits per heavy atom. The van der Waals surface area contributed by atoms with Crippen LogP contribution in [0.1, 0.15) is 0 Å². The van der Waals surface area contributed by atoms with Gasteiger partial charge in [-0.1, -0.05) is 54.6 Å². The number of pyridine rings is 1. The maximum absolute atomic E-state index is 14.4. The van der Waals surface area contributed by atoms with Crippen LogP contribution in [0.3, 0.4) is 0 Å². The molecule has 0 fully saturated rings. The van der Waals surface area contributed by atoms with Crippen LogP contribution >= 0.6 is 0 Å². The number of nitrogens with zero attached hydrogens (tertiary/aromatic N) is 3. The third-order valence-electron chi connectivity index (χ3n) is 8.42. The van der Waals surface area contributed by atoms with Gasteiger partial charge in [0.1, 0.15) is 11.2 Å². The molecule has 0 spiro atoms. The Balaban J connectivity index is 1.47. The smallest absolute Gasteiger partial charge is 0.266 e. The van der Waals surface area contributed by atoms with Crippen LogP contribution in [-0.4, -0.2) is 14.1 Å². The quantitative estimate of drug-likeness (QED) is 0.217. The standard InChI is InChI=1S/C37H21N3O3/c41-36-26-16-17-38-21-31(26)27-19-28-24-10-4-6-12-32(24)39(23-14-15-35-29(18-23)25-11-5-7-13-34(25)43-35)33(28)20-30(27)37(42)40(36)22-8-2-1-3-9-22/h1-21H. The lowest BCUT2D eigenvalue weighted by molar-refractivity contribution is 0.669. The van der Waals surface area contributed by atoms with Gasteiger partial charge in [0.05, 0.1) is 27.5 Å². The summed E-state index contributed by atoms with van der Waals surface area (Å²) in [6.07, 6.45) is 3.27. The van der Waals surface area contributed by atoms with Crippen molar-refractivity contribution in [3.05, 3.63) is 148 Å². The molecule has 0 aliphatic carbocycles. The van der Waals surface area contributed by atoms with E-state index in [4.69, 9.17) is 4.42 Å². The minimum absolute atomic E-state index is 0.375. The molecular weight excluding hydrogens is 534 g/mol. The fourth-order valence-electron chi connectivity index (χ4n) is 6.49. The number of fused-ring (bicyclic) bond motifs is 9. The average molecular weight is 556 g/mol. The summed E-state index contributed by atoms with van der Waals surface area (Å²) in [5.41, 5.74) is 4.25. The molecular formula is C37H21N3O3. The van der Waals surface area contributed by atoms with E-state index in [0.717, 1.165) is 49.4 Å². The van der Waals surface area contributed by atoms with Crippen LogP contribution in [-0.2, 0) is 0 Å². The van der Waals surface area contributed by atoms with Crippen molar-refractivity contribution >= 4 is 65.3 Å². The molecule has 0 aliphatic rings. The van der Waals surface area contributed by atoms with Gasteiger partial charge in [0.25, 0.3) is 11.1 Å². The fourth-order valence-corrected chi connectivity index (χ4v) is 6.49. The average Bonchev–Trinajstić information content (AvgIpc) is 3.57. The summed E-state index contributed by atoms with van der Waals surface area (Å²) in [5.74, 6) is 0. The zero-order valence-corrected chi connectivity index (χ0v) is 22.7. The van der Waals surface area contributed by atoms with E-state index in [9.17, 15) is 9.59 Å². The molecule has 0 amide bonds. The van der Waals surface area contributed by atoms with E-state index < -0.39 is 0 Å². The molecule has 9 aromatic rings. The van der Waals surface area contributed by atoms with Crippen LogP contribution in [0.25, 0.3) is 76.7 Å². The first-order valence-corrected chi connectivity index (χ1v) is 14.0. The SMILES string of the molecule is O=c1c2ccncc2c2cc3c4ccccc4n(-c4ccc5oc6ccccc6c5c4)c3cc2c(=O)n1-c1ccccc1. The van der Waals surface area contributed by atoms with E-state index in [-0.39, 0.29) is 11.1 Å². The number of furan rings is 1. The molecule has 43 heavy (non-hydrogen) atoms. The molecule has 0 bridgehead atoms. The Hall–Kier alpha value is -6.01. The van der Waals surface area contributed by atoms with Gasteiger partial charge in [-0.05, 0) is 66.0 Å². The van der Waals surface area contributed by atoms with Crippen molar-refractivity contribution < 1.29 is 4.42 Å². The lowest BCUT2D eigenvalue weighted by Crippen LogP contribution is -2.28. The van der Waals surface area contributed by atoms with Crippen molar-refractivity contribution in [1.82, 2.24) is 14.1 Å². The molecule has 0 radical (unpaired) electrons. The number of hydrogen-bond donors (Lipinski definition) is 0. The molecule has 0 atom stereocenters. The molecule has 0 N–H and O–H groups in total. The first-order chi connectivity index (χ1) is 21.2. The van der Waals surface area contributed by atoms with E-state index in [1.54, 1.807) is 30.6 Å². The topological polar surface area (TPSA) is 70.0 Å². The first-order valence-electron chi connectivity index (χ1n) is 14.0. The Morgan fingerprint density at radius 1 is 0.465 bits per heavy atom. The van der Waals surface area contributed by atoms with E-state index in [0.29, 0.717) is 27.2 Å². The highest BCUT2D eigenvalue weighted by atomic mass is 16.3. The molecule has 6 heteroatoms. The lowest BCUT2D eigenvalue weighted by Gasteiger charge is -2.08. The van der Waals surface area contributed by atoms with E-state index in [1.165, 1.54) is 4.57 Å². The maximum atomic E-state index is 14.4. The molecule has 6 nitrogen and oxygen atoms in total. The lowest BCUT2D eigenvalue weighted by atomic mass is 10.0. The molecule has 0 saturated carbocycles. The molecule has 0 unspecified atom stereocenters. The van der Waals surface area contributed by atoms with Gasteiger partial charge in [0.15, 0.2) is 0 Å². The largest absolute Gasteiger partial charge is 0.456 e. The number of aromatic nitrogens is 3. The third-order valence-corrected chi connectivity index (χ3v) is 8.42. The second kappa shape index (κ2) is 8.74. The monoisotopic (exact) mass is 555 g/mol. The minimum Gasteiger partial charge on any atom is -0.456 e. The molecule has 4 heterocycles. The molecule has 5 aromatic carbocycles. The fraction of sp³-hybridized carbons (Fsp3) is 0. The van der Waals surface area contributed by atoms with Crippen LogP contribution in [0.15, 0.2) is 142 Å². The summed E-state index contributed by atoms with van der Waals surface area (Å²) in [4.78, 5) is 32.6. The predicted octanol–water partition coefficient (Wildman–Crippen LogP) is 7.90. The Kier molecular flexibility index (Phi) is 4.81. The van der Waals surface area contributed by atoms with Crippen LogP contribution in [0, 0.1) is 0 Å². The Morgan fingerprint density at radius 2 is 1.21 bits per heavy atom. The van der Waals surface area contributed by atoms with E-state index in [2.05, 4.69) is 33.8 Å². The van der Waals surface area contributed by atoms with E-state index in [1.807, 2.05) is 72.8 Å². The van der Waals surface area contributed by atoms with Gasteiger partial charge >= 0.3 is 0 Å². The van der Waals surface area contributed by atoms with Gasteiger partial charge < -0.3 is 8.98 Å².